The lowest BCUT2D eigenvalue weighted by Crippen LogP contribution is -2.14. The molecule has 0 amide bonds. The third-order valence-corrected chi connectivity index (χ3v) is 7.09. The minimum absolute atomic E-state index is 0.0150. The van der Waals surface area contributed by atoms with E-state index in [9.17, 15) is 18.3 Å². The Balaban J connectivity index is 2.14. The summed E-state index contributed by atoms with van der Waals surface area (Å²) in [5, 5.41) is 9.41. The normalized spacial score (nSPS) is 11.8. The third-order valence-electron chi connectivity index (χ3n) is 5.87. The van der Waals surface area contributed by atoms with Gasteiger partial charge in [-0.3, -0.25) is 0 Å². The topological polar surface area (TPSA) is 108 Å². The highest BCUT2D eigenvalue weighted by Gasteiger charge is 2.16. The fourth-order valence-electron chi connectivity index (χ4n) is 3.77. The van der Waals surface area contributed by atoms with Gasteiger partial charge in [0.2, 0.25) is 0 Å². The van der Waals surface area contributed by atoms with Gasteiger partial charge in [0.1, 0.15) is 5.75 Å². The molecule has 0 heterocycles. The summed E-state index contributed by atoms with van der Waals surface area (Å²) in [5.41, 5.74) is 2.94. The number of ether oxygens (including phenoxy) is 3. The van der Waals surface area contributed by atoms with Crippen molar-refractivity contribution in [3.63, 3.8) is 0 Å². The Bertz CT molecular complexity index is 1170. The van der Waals surface area contributed by atoms with Crippen LogP contribution in [0.5, 0.6) is 17.2 Å². The van der Waals surface area contributed by atoms with Crippen LogP contribution in [0.2, 0.25) is 0 Å². The molecule has 0 aliphatic heterocycles. The molecule has 9 heteroatoms. The lowest BCUT2D eigenvalue weighted by atomic mass is 10.0. The molecule has 38 heavy (non-hydrogen) atoms. The summed E-state index contributed by atoms with van der Waals surface area (Å²) in [7, 11) is -0.714. The first kappa shape index (κ1) is 31.2. The van der Waals surface area contributed by atoms with Gasteiger partial charge in [-0.2, -0.15) is 8.42 Å². The van der Waals surface area contributed by atoms with E-state index in [0.29, 0.717) is 18.8 Å². The number of unbranched alkanes of at least 4 members (excludes halogenated alkanes) is 2. The van der Waals surface area contributed by atoms with Crippen LogP contribution in [0.1, 0.15) is 62.6 Å². The van der Waals surface area contributed by atoms with Crippen LogP contribution in [0, 0.1) is 0 Å². The van der Waals surface area contributed by atoms with Crippen molar-refractivity contribution in [1.29, 1.82) is 0 Å². The van der Waals surface area contributed by atoms with Gasteiger partial charge >= 0.3 is 16.1 Å². The van der Waals surface area contributed by atoms with Crippen molar-refractivity contribution in [1.82, 2.24) is 0 Å². The largest absolute Gasteiger partial charge is 0.493 e. The van der Waals surface area contributed by atoms with Gasteiger partial charge in [0, 0.05) is 7.11 Å². The summed E-state index contributed by atoms with van der Waals surface area (Å²) in [5.74, 6) is 0.266. The number of aryl methyl sites for hydroxylation is 2. The summed E-state index contributed by atoms with van der Waals surface area (Å²) in [6.45, 7) is 4.62. The van der Waals surface area contributed by atoms with Crippen LogP contribution in [0.25, 0.3) is 6.08 Å². The quantitative estimate of drug-likeness (QED) is 0.144. The predicted molar refractivity (Wildman–Crippen MR) is 149 cm³/mol. The predicted octanol–water partition coefficient (Wildman–Crippen LogP) is 5.67. The van der Waals surface area contributed by atoms with Gasteiger partial charge in [-0.15, -0.1) is 0 Å². The SMILES string of the molecule is CCCCOc1cc(/C=C(/COC)C(=O)O)ccc1CCCc1ccc(OS(=O)(=O)CCCC)c(OC)c1. The second-order valence-corrected chi connectivity index (χ2v) is 10.7. The zero-order valence-corrected chi connectivity index (χ0v) is 23.6. The number of methoxy groups -OCH3 is 2. The zero-order valence-electron chi connectivity index (χ0n) is 22.8. The number of hydrogen-bond donors (Lipinski definition) is 1. The first-order valence-electron chi connectivity index (χ1n) is 13.0. The smallest absolute Gasteiger partial charge is 0.333 e. The van der Waals surface area contributed by atoms with Crippen molar-refractivity contribution in [3.8, 4) is 17.2 Å². The molecule has 0 saturated carbocycles. The molecule has 0 aromatic heterocycles. The van der Waals surface area contributed by atoms with Gasteiger partial charge in [0.05, 0.1) is 31.6 Å². The van der Waals surface area contributed by atoms with E-state index < -0.39 is 16.1 Å². The molecule has 1 N–H and O–H groups in total. The van der Waals surface area contributed by atoms with Crippen LogP contribution in [-0.2, 0) is 32.5 Å². The van der Waals surface area contributed by atoms with Crippen molar-refractivity contribution >= 4 is 22.2 Å². The summed E-state index contributed by atoms with van der Waals surface area (Å²) in [6, 6.07) is 11.0. The molecule has 0 saturated heterocycles. The van der Waals surface area contributed by atoms with E-state index in [4.69, 9.17) is 18.4 Å². The first-order chi connectivity index (χ1) is 18.2. The van der Waals surface area contributed by atoms with Crippen molar-refractivity contribution in [2.45, 2.75) is 58.8 Å². The summed E-state index contributed by atoms with van der Waals surface area (Å²) < 4.78 is 46.1. The Kier molecular flexibility index (Phi) is 13.2. The lowest BCUT2D eigenvalue weighted by Gasteiger charge is -2.14. The van der Waals surface area contributed by atoms with Gasteiger partial charge in [-0.05, 0) is 73.1 Å². The van der Waals surface area contributed by atoms with Gasteiger partial charge in [-0.1, -0.05) is 44.9 Å². The third kappa shape index (κ3) is 10.4. The van der Waals surface area contributed by atoms with Crippen LogP contribution < -0.4 is 13.7 Å². The van der Waals surface area contributed by atoms with Gasteiger partial charge in [0.25, 0.3) is 0 Å². The maximum absolute atomic E-state index is 12.2. The van der Waals surface area contributed by atoms with Gasteiger partial charge in [0.15, 0.2) is 11.5 Å². The average molecular weight is 549 g/mol. The molecule has 2 rings (SSSR count). The Morgan fingerprint density at radius 2 is 1.68 bits per heavy atom. The minimum Gasteiger partial charge on any atom is -0.493 e. The summed E-state index contributed by atoms with van der Waals surface area (Å²) >= 11 is 0. The maximum atomic E-state index is 12.2. The lowest BCUT2D eigenvalue weighted by molar-refractivity contribution is -0.133. The summed E-state index contributed by atoms with van der Waals surface area (Å²) in [6.07, 6.45) is 7.15. The molecule has 0 radical (unpaired) electrons. The number of carboxylic acids is 1. The molecule has 0 aliphatic carbocycles. The van der Waals surface area contributed by atoms with Crippen LogP contribution in [-0.4, -0.2) is 52.7 Å². The Labute approximate surface area is 226 Å². The van der Waals surface area contributed by atoms with E-state index in [1.807, 2.05) is 31.2 Å². The van der Waals surface area contributed by atoms with Crippen molar-refractivity contribution < 1.29 is 36.7 Å². The Morgan fingerprint density at radius 3 is 2.34 bits per heavy atom. The van der Waals surface area contributed by atoms with Crippen LogP contribution in [0.3, 0.4) is 0 Å². The number of carbonyl (C=O) groups is 1. The van der Waals surface area contributed by atoms with E-state index in [1.165, 1.54) is 14.2 Å². The first-order valence-corrected chi connectivity index (χ1v) is 14.6. The number of benzene rings is 2. The fourth-order valence-corrected chi connectivity index (χ4v) is 4.91. The molecule has 8 nitrogen and oxygen atoms in total. The Morgan fingerprint density at radius 1 is 0.921 bits per heavy atom. The van der Waals surface area contributed by atoms with E-state index >= 15 is 0 Å². The van der Waals surface area contributed by atoms with Crippen LogP contribution >= 0.6 is 0 Å². The second kappa shape index (κ2) is 16.0. The molecular formula is C29H40O8S. The zero-order chi connectivity index (χ0) is 28.0. The van der Waals surface area contributed by atoms with Crippen LogP contribution in [0.4, 0.5) is 0 Å². The minimum atomic E-state index is -3.67. The number of hydrogen-bond acceptors (Lipinski definition) is 7. The van der Waals surface area contributed by atoms with E-state index in [2.05, 4.69) is 6.92 Å². The highest BCUT2D eigenvalue weighted by atomic mass is 32.2. The van der Waals surface area contributed by atoms with E-state index in [1.54, 1.807) is 18.2 Å². The standard InChI is InChI=1S/C29H40O8S/c1-5-7-16-36-27-20-23(18-25(21-34-3)29(30)31)12-14-24(27)11-9-10-22-13-15-26(28(19-22)35-4)37-38(32,33)17-8-6-2/h12-15,18-20H,5-11,16-17,21H2,1-4H3,(H,30,31)/b25-18-. The van der Waals surface area contributed by atoms with Crippen molar-refractivity contribution in [3.05, 3.63) is 58.7 Å². The molecule has 210 valence electrons. The maximum Gasteiger partial charge on any atom is 0.333 e. The highest BCUT2D eigenvalue weighted by Crippen LogP contribution is 2.31. The average Bonchev–Trinajstić information content (AvgIpc) is 2.89. The molecule has 2 aromatic rings. The molecule has 0 aliphatic rings. The molecule has 0 atom stereocenters. The molecular weight excluding hydrogens is 508 g/mol. The van der Waals surface area contributed by atoms with E-state index in [0.717, 1.165) is 61.0 Å². The second-order valence-electron chi connectivity index (χ2n) is 9.01. The monoisotopic (exact) mass is 548 g/mol. The molecule has 0 unspecified atom stereocenters. The number of aliphatic carboxylic acids is 1. The van der Waals surface area contributed by atoms with Gasteiger partial charge < -0.3 is 23.5 Å². The number of carboxylic acid groups (broad SMARTS) is 1. The molecule has 0 spiro atoms. The van der Waals surface area contributed by atoms with Crippen molar-refractivity contribution in [2.75, 3.05) is 33.2 Å². The van der Waals surface area contributed by atoms with E-state index in [-0.39, 0.29) is 23.7 Å². The van der Waals surface area contributed by atoms with Crippen molar-refractivity contribution in [2.24, 2.45) is 0 Å². The highest BCUT2D eigenvalue weighted by molar-refractivity contribution is 7.87. The molecule has 0 bridgehead atoms. The van der Waals surface area contributed by atoms with Gasteiger partial charge in [-0.25, -0.2) is 4.79 Å². The molecule has 2 aromatic carbocycles. The summed E-state index contributed by atoms with van der Waals surface area (Å²) in [4.78, 5) is 11.5. The fraction of sp³-hybridized carbons (Fsp3) is 0.483. The van der Waals surface area contributed by atoms with Crippen LogP contribution in [0.15, 0.2) is 42.0 Å². The molecule has 0 fully saturated rings. The number of rotatable bonds is 18. The Hall–Kier alpha value is -3.04.